The third-order valence-corrected chi connectivity index (χ3v) is 3.48. The zero-order valence-corrected chi connectivity index (χ0v) is 11.2. The fourth-order valence-corrected chi connectivity index (χ4v) is 2.54. The number of hydrogen-bond donors (Lipinski definition) is 5. The van der Waals surface area contributed by atoms with Crippen molar-refractivity contribution in [2.45, 2.75) is 0 Å². The maximum absolute atomic E-state index is 11.7. The molecule has 10 nitrogen and oxygen atoms in total. The molecule has 3 heterocycles. The Labute approximate surface area is 122 Å². The van der Waals surface area contributed by atoms with Crippen LogP contribution in [0.4, 0.5) is 5.82 Å². The molecule has 0 aliphatic rings. The van der Waals surface area contributed by atoms with Gasteiger partial charge in [0, 0.05) is 10.9 Å². The Hall–Kier alpha value is -3.24. The molecule has 4 rings (SSSR count). The summed E-state index contributed by atoms with van der Waals surface area (Å²) in [6, 6.07) is 7.69. The van der Waals surface area contributed by atoms with Crippen LogP contribution in [-0.4, -0.2) is 30.7 Å². The number of carbonyl (C=O) groups is 1. The number of carbonyl (C=O) groups excluding carboxylic acids is 1. The predicted octanol–water partition coefficient (Wildman–Crippen LogP) is -0.352. The lowest BCUT2D eigenvalue weighted by Crippen LogP contribution is -2.32. The first kappa shape index (κ1) is 12.5. The lowest BCUT2D eigenvalue weighted by Gasteiger charge is -2.04. The Bertz CT molecular complexity index is 1030. The van der Waals surface area contributed by atoms with E-state index in [1.807, 2.05) is 29.7 Å². The molecule has 4 aromatic rings. The number of fused-ring (bicyclic) bond motifs is 5. The molecule has 0 fully saturated rings. The quantitative estimate of drug-likeness (QED) is 0.192. The molecule has 0 atom stereocenters. The van der Waals surface area contributed by atoms with E-state index in [-0.39, 0.29) is 5.82 Å². The van der Waals surface area contributed by atoms with Crippen molar-refractivity contribution in [3.63, 3.8) is 0 Å². The largest absolute Gasteiger partial charge is 0.351 e. The van der Waals surface area contributed by atoms with Gasteiger partial charge in [-0.25, -0.2) is 11.7 Å². The number of aromatic amines is 1. The van der Waals surface area contributed by atoms with Crippen LogP contribution in [-0.2, 0) is 0 Å². The normalized spacial score (nSPS) is 11.4. The Kier molecular flexibility index (Phi) is 2.49. The fourth-order valence-electron chi connectivity index (χ4n) is 2.54. The SMILES string of the molecule is NNC(=O)c1nnc2c3[nH]c4ccccc4c3c(NN)nn12. The highest BCUT2D eigenvalue weighted by Gasteiger charge is 2.20. The van der Waals surface area contributed by atoms with Crippen LogP contribution in [0.1, 0.15) is 10.6 Å². The number of hydrazine groups is 2. The molecule has 110 valence electrons. The molecule has 0 aliphatic heterocycles. The third kappa shape index (κ3) is 1.50. The molecule has 7 N–H and O–H groups in total. The van der Waals surface area contributed by atoms with Crippen molar-refractivity contribution in [1.82, 2.24) is 30.2 Å². The van der Waals surface area contributed by atoms with E-state index in [1.165, 1.54) is 4.52 Å². The van der Waals surface area contributed by atoms with E-state index in [0.717, 1.165) is 16.3 Å². The Balaban J connectivity index is 2.20. The van der Waals surface area contributed by atoms with E-state index < -0.39 is 5.91 Å². The van der Waals surface area contributed by atoms with E-state index in [1.54, 1.807) is 0 Å². The summed E-state index contributed by atoms with van der Waals surface area (Å²) >= 11 is 0. The van der Waals surface area contributed by atoms with Crippen LogP contribution < -0.4 is 22.5 Å². The molecule has 1 aromatic carbocycles. The lowest BCUT2D eigenvalue weighted by molar-refractivity contribution is 0.0941. The Morgan fingerprint density at radius 1 is 1.23 bits per heavy atom. The molecule has 10 heteroatoms. The Morgan fingerprint density at radius 2 is 2.05 bits per heavy atom. The number of benzene rings is 1. The average Bonchev–Trinajstić information content (AvgIpc) is 3.14. The van der Waals surface area contributed by atoms with Crippen LogP contribution in [0, 0.1) is 0 Å². The van der Waals surface area contributed by atoms with E-state index >= 15 is 0 Å². The first-order valence-corrected chi connectivity index (χ1v) is 6.38. The number of H-pyrrole nitrogens is 1. The van der Waals surface area contributed by atoms with Gasteiger partial charge in [-0.2, -0.15) is 4.52 Å². The van der Waals surface area contributed by atoms with Crippen LogP contribution >= 0.6 is 0 Å². The van der Waals surface area contributed by atoms with E-state index in [2.05, 4.69) is 25.7 Å². The molecule has 1 amide bonds. The molecule has 0 aliphatic carbocycles. The third-order valence-electron chi connectivity index (χ3n) is 3.48. The zero-order chi connectivity index (χ0) is 15.3. The Morgan fingerprint density at radius 3 is 2.82 bits per heavy atom. The average molecular weight is 297 g/mol. The first-order chi connectivity index (χ1) is 10.7. The van der Waals surface area contributed by atoms with Crippen LogP contribution in [0.2, 0.25) is 0 Å². The van der Waals surface area contributed by atoms with Gasteiger partial charge < -0.3 is 10.4 Å². The number of para-hydroxylation sites is 1. The van der Waals surface area contributed by atoms with Crippen LogP contribution in [0.15, 0.2) is 24.3 Å². The predicted molar refractivity (Wildman–Crippen MR) is 79.6 cm³/mol. The molecule has 0 unspecified atom stereocenters. The van der Waals surface area contributed by atoms with Crippen LogP contribution in [0.5, 0.6) is 0 Å². The second-order valence-corrected chi connectivity index (χ2v) is 4.65. The summed E-state index contributed by atoms with van der Waals surface area (Å²) < 4.78 is 1.29. The minimum Gasteiger partial charge on any atom is -0.351 e. The first-order valence-electron chi connectivity index (χ1n) is 6.38. The van der Waals surface area contributed by atoms with Crippen molar-refractivity contribution in [3.05, 3.63) is 30.1 Å². The van der Waals surface area contributed by atoms with E-state index in [0.29, 0.717) is 17.0 Å². The van der Waals surface area contributed by atoms with Gasteiger partial charge in [-0.15, -0.1) is 15.3 Å². The maximum atomic E-state index is 11.7. The molecular weight excluding hydrogens is 286 g/mol. The number of nitrogens with one attached hydrogen (secondary N) is 3. The van der Waals surface area contributed by atoms with Gasteiger partial charge in [0.05, 0.1) is 10.9 Å². The van der Waals surface area contributed by atoms with Gasteiger partial charge in [0.1, 0.15) is 0 Å². The molecular formula is C12H11N9O. The standard InChI is InChI=1S/C12H11N9O/c13-16-9-7-5-3-1-2-4-6(5)15-8(7)10-18-19-11(12(22)17-14)21(10)20-9/h1-4,15H,13-14H2,(H,16,20)(H,17,22). The van der Waals surface area contributed by atoms with Crippen molar-refractivity contribution in [3.8, 4) is 0 Å². The van der Waals surface area contributed by atoms with E-state index in [4.69, 9.17) is 11.7 Å². The number of hydrogen-bond acceptors (Lipinski definition) is 7. The topological polar surface area (TPSA) is 152 Å². The number of rotatable bonds is 2. The highest BCUT2D eigenvalue weighted by Crippen LogP contribution is 2.31. The second-order valence-electron chi connectivity index (χ2n) is 4.65. The molecule has 0 spiro atoms. The smallest absolute Gasteiger partial charge is 0.304 e. The van der Waals surface area contributed by atoms with Crippen molar-refractivity contribution in [1.29, 1.82) is 0 Å². The van der Waals surface area contributed by atoms with Gasteiger partial charge in [-0.05, 0) is 6.07 Å². The number of nitrogens with zero attached hydrogens (tertiary/aromatic N) is 4. The summed E-state index contributed by atoms with van der Waals surface area (Å²) in [6.07, 6.45) is 0. The molecule has 3 aromatic heterocycles. The van der Waals surface area contributed by atoms with Crippen LogP contribution in [0.25, 0.3) is 27.5 Å². The van der Waals surface area contributed by atoms with Gasteiger partial charge in [0.25, 0.3) is 0 Å². The number of nitrogens with two attached hydrogens (primary N) is 2. The summed E-state index contributed by atoms with van der Waals surface area (Å²) in [7, 11) is 0. The molecule has 22 heavy (non-hydrogen) atoms. The number of aromatic nitrogens is 5. The molecule has 0 saturated heterocycles. The van der Waals surface area contributed by atoms with Gasteiger partial charge in [0.2, 0.25) is 11.5 Å². The summed E-state index contributed by atoms with van der Waals surface area (Å²) in [5.74, 6) is 10.5. The van der Waals surface area contributed by atoms with Gasteiger partial charge in [-0.1, -0.05) is 18.2 Å². The second kappa shape index (κ2) is 4.38. The molecule has 0 saturated carbocycles. The van der Waals surface area contributed by atoms with Crippen LogP contribution in [0.3, 0.4) is 0 Å². The van der Waals surface area contributed by atoms with Gasteiger partial charge >= 0.3 is 5.91 Å². The summed E-state index contributed by atoms with van der Waals surface area (Å²) in [5.41, 5.74) is 6.53. The highest BCUT2D eigenvalue weighted by molar-refractivity contribution is 6.16. The monoisotopic (exact) mass is 297 g/mol. The van der Waals surface area contributed by atoms with Gasteiger partial charge in [-0.3, -0.25) is 10.2 Å². The fraction of sp³-hybridized carbons (Fsp3) is 0. The maximum Gasteiger partial charge on any atom is 0.304 e. The van der Waals surface area contributed by atoms with Gasteiger partial charge in [0.15, 0.2) is 5.82 Å². The van der Waals surface area contributed by atoms with Crippen molar-refractivity contribution in [2.75, 3.05) is 5.43 Å². The summed E-state index contributed by atoms with van der Waals surface area (Å²) in [4.78, 5) is 15.0. The van der Waals surface area contributed by atoms with E-state index in [9.17, 15) is 4.79 Å². The number of amides is 1. The van der Waals surface area contributed by atoms with Crippen molar-refractivity contribution >= 4 is 39.2 Å². The van der Waals surface area contributed by atoms with Crippen molar-refractivity contribution < 1.29 is 4.79 Å². The summed E-state index contributed by atoms with van der Waals surface area (Å²) in [6.45, 7) is 0. The minimum absolute atomic E-state index is 0.0328. The highest BCUT2D eigenvalue weighted by atomic mass is 16.2. The number of nitrogen functional groups attached to an aromatic ring is 2. The zero-order valence-electron chi connectivity index (χ0n) is 11.2. The lowest BCUT2D eigenvalue weighted by atomic mass is 10.2. The summed E-state index contributed by atoms with van der Waals surface area (Å²) in [5, 5.41) is 13.9. The minimum atomic E-state index is -0.599. The molecule has 0 radical (unpaired) electrons. The molecule has 0 bridgehead atoms. The number of anilines is 1. The van der Waals surface area contributed by atoms with Crippen molar-refractivity contribution in [2.24, 2.45) is 11.7 Å².